The van der Waals surface area contributed by atoms with E-state index in [0.717, 1.165) is 0 Å². The fourth-order valence-electron chi connectivity index (χ4n) is 1.70. The third-order valence-electron chi connectivity index (χ3n) is 3.44. The van der Waals surface area contributed by atoms with Gasteiger partial charge in [-0.3, -0.25) is 9.59 Å². The number of halogens is 3. The van der Waals surface area contributed by atoms with Gasteiger partial charge in [0.15, 0.2) is 0 Å². The lowest BCUT2D eigenvalue weighted by molar-refractivity contribution is -0.192. The molecule has 0 radical (unpaired) electrons. The third-order valence-corrected chi connectivity index (χ3v) is 3.44. The van der Waals surface area contributed by atoms with Gasteiger partial charge < -0.3 is 42.5 Å². The van der Waals surface area contributed by atoms with E-state index < -0.39 is 60.8 Å². The zero-order chi connectivity index (χ0) is 24.1. The highest BCUT2D eigenvalue weighted by Gasteiger charge is 2.38. The quantitative estimate of drug-likeness (QED) is 0.155. The molecule has 10 N–H and O–H groups in total. The van der Waals surface area contributed by atoms with Gasteiger partial charge in [-0.15, -0.1) is 0 Å². The van der Waals surface area contributed by atoms with Crippen molar-refractivity contribution in [2.75, 3.05) is 13.2 Å². The lowest BCUT2D eigenvalue weighted by atomic mass is 10.1. The molecule has 0 aliphatic heterocycles. The zero-order valence-electron chi connectivity index (χ0n) is 16.1. The lowest BCUT2D eigenvalue weighted by Crippen LogP contribution is -2.57. The summed E-state index contributed by atoms with van der Waals surface area (Å²) in [6.45, 7) is 0.974. The minimum Gasteiger partial charge on any atom is -0.480 e. The van der Waals surface area contributed by atoms with Gasteiger partial charge in [0.05, 0.1) is 12.7 Å². The van der Waals surface area contributed by atoms with Gasteiger partial charge in [0.1, 0.15) is 18.1 Å². The molecule has 12 nitrogen and oxygen atoms in total. The van der Waals surface area contributed by atoms with E-state index in [0.29, 0.717) is 19.4 Å². The molecule has 0 aliphatic rings. The number of amides is 2. The first kappa shape index (κ1) is 29.7. The molecular formula is C15H27F3N4O8. The fraction of sp³-hybridized carbons (Fsp3) is 0.733. The topological polar surface area (TPSA) is 225 Å². The van der Waals surface area contributed by atoms with E-state index >= 15 is 0 Å². The highest BCUT2D eigenvalue weighted by atomic mass is 19.4. The predicted octanol–water partition coefficient (Wildman–Crippen LogP) is -2.50. The Kier molecular flexibility index (Phi) is 14.3. The summed E-state index contributed by atoms with van der Waals surface area (Å²) in [4.78, 5) is 43.7. The van der Waals surface area contributed by atoms with Crippen molar-refractivity contribution in [1.29, 1.82) is 0 Å². The molecule has 0 aromatic carbocycles. The minimum atomic E-state index is -5.08. The monoisotopic (exact) mass is 448 g/mol. The number of aliphatic hydroxyl groups is 2. The molecule has 4 atom stereocenters. The first-order valence-corrected chi connectivity index (χ1v) is 8.57. The Morgan fingerprint density at radius 1 is 1.00 bits per heavy atom. The largest absolute Gasteiger partial charge is 0.490 e. The Morgan fingerprint density at radius 2 is 1.47 bits per heavy atom. The number of aliphatic hydroxyl groups excluding tert-OH is 2. The Morgan fingerprint density at radius 3 is 1.80 bits per heavy atom. The maximum atomic E-state index is 12.0. The van der Waals surface area contributed by atoms with Crippen LogP contribution in [0.25, 0.3) is 0 Å². The van der Waals surface area contributed by atoms with Gasteiger partial charge in [0.2, 0.25) is 11.8 Å². The summed E-state index contributed by atoms with van der Waals surface area (Å²) in [5, 5.41) is 39.0. The number of carbonyl (C=O) groups is 4. The van der Waals surface area contributed by atoms with Gasteiger partial charge in [0.25, 0.3) is 0 Å². The van der Waals surface area contributed by atoms with Crippen molar-refractivity contribution in [3.8, 4) is 0 Å². The SMILES string of the molecule is C[C@@H](O)[C@H](N)C(=O)N[C@@H](CO)C(=O)N[C@@H](CCCCN)C(=O)O.O=C(O)C(F)(F)F. The average molecular weight is 448 g/mol. The van der Waals surface area contributed by atoms with Crippen LogP contribution in [0, 0.1) is 0 Å². The normalized spacial score (nSPS) is 14.9. The van der Waals surface area contributed by atoms with E-state index in [9.17, 15) is 37.8 Å². The number of hydrogen-bond donors (Lipinski definition) is 8. The van der Waals surface area contributed by atoms with Crippen molar-refractivity contribution in [2.24, 2.45) is 11.5 Å². The second-order valence-corrected chi connectivity index (χ2v) is 6.00. The number of hydrogen-bond acceptors (Lipinski definition) is 8. The number of nitrogens with one attached hydrogen (secondary N) is 2. The molecule has 30 heavy (non-hydrogen) atoms. The maximum absolute atomic E-state index is 12.0. The van der Waals surface area contributed by atoms with Crippen molar-refractivity contribution in [3.05, 3.63) is 0 Å². The van der Waals surface area contributed by atoms with Crippen molar-refractivity contribution in [2.45, 2.75) is 56.6 Å². The van der Waals surface area contributed by atoms with E-state index in [1.165, 1.54) is 6.92 Å². The molecule has 0 aromatic heterocycles. The van der Waals surface area contributed by atoms with Gasteiger partial charge in [-0.1, -0.05) is 0 Å². The number of carbonyl (C=O) groups excluding carboxylic acids is 2. The van der Waals surface area contributed by atoms with Crippen LogP contribution < -0.4 is 22.1 Å². The van der Waals surface area contributed by atoms with Crippen molar-refractivity contribution >= 4 is 23.8 Å². The number of carboxylic acid groups (broad SMARTS) is 2. The molecule has 0 saturated carbocycles. The van der Waals surface area contributed by atoms with Gasteiger partial charge in [-0.05, 0) is 32.7 Å². The van der Waals surface area contributed by atoms with Gasteiger partial charge in [0, 0.05) is 0 Å². The third kappa shape index (κ3) is 12.9. The van der Waals surface area contributed by atoms with E-state index in [4.69, 9.17) is 26.5 Å². The van der Waals surface area contributed by atoms with Crippen LogP contribution in [0.2, 0.25) is 0 Å². The first-order valence-electron chi connectivity index (χ1n) is 8.57. The van der Waals surface area contributed by atoms with E-state index in [-0.39, 0.29) is 6.42 Å². The molecule has 15 heteroatoms. The summed E-state index contributed by atoms with van der Waals surface area (Å²) in [5.41, 5.74) is 10.7. The molecule has 0 rings (SSSR count). The van der Waals surface area contributed by atoms with E-state index in [1.54, 1.807) is 0 Å². The predicted molar refractivity (Wildman–Crippen MR) is 94.8 cm³/mol. The summed E-state index contributed by atoms with van der Waals surface area (Å²) in [5.74, 6) is -5.66. The van der Waals surface area contributed by atoms with Crippen molar-refractivity contribution < 1.29 is 52.8 Å². The molecule has 0 heterocycles. The maximum Gasteiger partial charge on any atom is 0.490 e. The van der Waals surface area contributed by atoms with Crippen LogP contribution in [-0.4, -0.2) is 87.7 Å². The van der Waals surface area contributed by atoms with Crippen LogP contribution in [0.5, 0.6) is 0 Å². The molecule has 0 saturated heterocycles. The van der Waals surface area contributed by atoms with E-state index in [1.807, 2.05) is 0 Å². The van der Waals surface area contributed by atoms with Crippen molar-refractivity contribution in [3.63, 3.8) is 0 Å². The number of carboxylic acids is 2. The molecule has 176 valence electrons. The number of alkyl halides is 3. The van der Waals surface area contributed by atoms with Gasteiger partial charge >= 0.3 is 18.1 Å². The minimum absolute atomic E-state index is 0.178. The molecule has 0 fully saturated rings. The lowest BCUT2D eigenvalue weighted by Gasteiger charge is -2.22. The summed E-state index contributed by atoms with van der Waals surface area (Å²) in [6, 6.07) is -3.77. The summed E-state index contributed by atoms with van der Waals surface area (Å²) < 4.78 is 31.7. The number of aliphatic carboxylic acids is 2. The smallest absolute Gasteiger partial charge is 0.480 e. The molecule has 0 aromatic rings. The molecule has 0 aliphatic carbocycles. The number of nitrogens with two attached hydrogens (primary N) is 2. The highest BCUT2D eigenvalue weighted by molar-refractivity contribution is 5.92. The van der Waals surface area contributed by atoms with Crippen molar-refractivity contribution in [1.82, 2.24) is 10.6 Å². The molecule has 0 spiro atoms. The second-order valence-electron chi connectivity index (χ2n) is 6.00. The van der Waals surface area contributed by atoms with Crippen LogP contribution in [0.15, 0.2) is 0 Å². The first-order chi connectivity index (χ1) is 13.7. The summed E-state index contributed by atoms with van der Waals surface area (Å²) in [7, 11) is 0. The Bertz CT molecular complexity index is 575. The highest BCUT2D eigenvalue weighted by Crippen LogP contribution is 2.13. The zero-order valence-corrected chi connectivity index (χ0v) is 16.1. The van der Waals surface area contributed by atoms with Crippen LogP contribution in [0.1, 0.15) is 26.2 Å². The standard InChI is InChI=1S/C13H26N4O6.C2HF3O2/c1-7(19)10(15)12(21)17-9(6-18)11(20)16-8(13(22)23)4-2-3-5-14;3-2(4,5)1(6)7/h7-10,18-19H,2-6,14-15H2,1H3,(H,16,20)(H,17,21)(H,22,23);(H,6,7)/t7-,8+,9+,10+;/m1./s1. The molecule has 2 amide bonds. The van der Waals surface area contributed by atoms with Crippen LogP contribution >= 0.6 is 0 Å². The number of unbranched alkanes of at least 4 members (excludes halogenated alkanes) is 1. The Hall–Kier alpha value is -2.49. The number of rotatable bonds is 11. The molecule has 0 unspecified atom stereocenters. The molecular weight excluding hydrogens is 421 g/mol. The second kappa shape index (κ2) is 14.5. The van der Waals surface area contributed by atoms with Crippen LogP contribution in [0.3, 0.4) is 0 Å². The summed E-state index contributed by atoms with van der Waals surface area (Å²) >= 11 is 0. The fourth-order valence-corrected chi connectivity index (χ4v) is 1.70. The van der Waals surface area contributed by atoms with E-state index in [2.05, 4.69) is 10.6 Å². The van der Waals surface area contributed by atoms with Gasteiger partial charge in [-0.2, -0.15) is 13.2 Å². The van der Waals surface area contributed by atoms with Crippen LogP contribution in [0.4, 0.5) is 13.2 Å². The average Bonchev–Trinajstić information content (AvgIpc) is 2.63. The van der Waals surface area contributed by atoms with Crippen LogP contribution in [-0.2, 0) is 19.2 Å². The summed E-state index contributed by atoms with van der Waals surface area (Å²) in [6.07, 6.45) is -4.92. The Labute approximate surface area is 169 Å². The Balaban J connectivity index is 0. The molecule has 0 bridgehead atoms. The van der Waals surface area contributed by atoms with Gasteiger partial charge in [-0.25, -0.2) is 9.59 Å².